The molecule has 0 fully saturated rings. The predicted molar refractivity (Wildman–Crippen MR) is 423 cm³/mol. The summed E-state index contributed by atoms with van der Waals surface area (Å²) in [7, 11) is -9.94. The highest BCUT2D eigenvalue weighted by atomic mass is 31.2. The molecule has 0 saturated heterocycles. The van der Waals surface area contributed by atoms with E-state index in [1.807, 2.05) is 0 Å². The fourth-order valence-corrected chi connectivity index (χ4v) is 14.2. The standard InChI is InChI=1S/C84H160O17P2/c1-6-9-12-15-18-21-24-27-30-31-32-33-34-35-37-40-43-50-55-60-65-70-84(89)100-79(73-94-81(86)67-62-57-52-47-41-39-36-28-25-22-19-16-13-10-7-2)75-98-102(90,91)96-71-78(85)72-97-103(92,93)99-76-80(74-95-82(87)68-63-58-53-48-45-44-46-51-56-61-66-77(4)5)101-83(88)69-64-59-54-49-42-38-29-26-23-20-17-14-11-8-3/h22,25,28,36,77-80,85H,6-21,23-24,26-27,29-35,37-76H2,1-5H3,(H,90,91)(H,92,93)/b25-22-,36-28-/t78-,79-,80-/m1/s1. The maximum Gasteiger partial charge on any atom is 0.472 e. The Balaban J connectivity index is 5.27. The van der Waals surface area contributed by atoms with Crippen molar-refractivity contribution in [2.45, 2.75) is 445 Å². The van der Waals surface area contributed by atoms with Crippen molar-refractivity contribution in [1.29, 1.82) is 0 Å². The molecule has 0 spiro atoms. The second kappa shape index (κ2) is 76.3. The van der Waals surface area contributed by atoms with Crippen molar-refractivity contribution in [3.63, 3.8) is 0 Å². The van der Waals surface area contributed by atoms with Gasteiger partial charge in [-0.05, 0) is 57.3 Å². The number of aliphatic hydroxyl groups is 1. The number of hydrogen-bond acceptors (Lipinski definition) is 15. The summed E-state index contributed by atoms with van der Waals surface area (Å²) in [4.78, 5) is 73.1. The fourth-order valence-electron chi connectivity index (χ4n) is 12.6. The van der Waals surface area contributed by atoms with Crippen molar-refractivity contribution in [2.24, 2.45) is 5.92 Å². The number of esters is 4. The van der Waals surface area contributed by atoms with Crippen molar-refractivity contribution in [1.82, 2.24) is 0 Å². The van der Waals surface area contributed by atoms with Crippen LogP contribution in [0.2, 0.25) is 0 Å². The van der Waals surface area contributed by atoms with Crippen LogP contribution in [-0.2, 0) is 65.4 Å². The number of carbonyl (C=O) groups excluding carboxylic acids is 4. The Morgan fingerprint density at radius 1 is 0.301 bits per heavy atom. The normalized spacial score (nSPS) is 14.0. The lowest BCUT2D eigenvalue weighted by molar-refractivity contribution is -0.161. The third-order valence-corrected chi connectivity index (χ3v) is 21.1. The number of carbonyl (C=O) groups is 4. The molecule has 0 aromatic carbocycles. The number of allylic oxidation sites excluding steroid dienone is 4. The van der Waals surface area contributed by atoms with Crippen LogP contribution < -0.4 is 0 Å². The molecule has 0 aliphatic carbocycles. The number of hydrogen-bond donors (Lipinski definition) is 3. The molecule has 0 radical (unpaired) electrons. The second-order valence-electron chi connectivity index (χ2n) is 30.0. The molecule has 0 aromatic rings. The van der Waals surface area contributed by atoms with E-state index in [0.29, 0.717) is 25.7 Å². The van der Waals surface area contributed by atoms with Crippen molar-refractivity contribution in [2.75, 3.05) is 39.6 Å². The molecule has 103 heavy (non-hydrogen) atoms. The molecule has 17 nitrogen and oxygen atoms in total. The first-order valence-corrected chi connectivity index (χ1v) is 45.9. The number of aliphatic hydroxyl groups excluding tert-OH is 1. The van der Waals surface area contributed by atoms with Gasteiger partial charge >= 0.3 is 39.5 Å². The summed E-state index contributed by atoms with van der Waals surface area (Å²) in [5.74, 6) is -1.38. The molecule has 0 saturated carbocycles. The summed E-state index contributed by atoms with van der Waals surface area (Å²) in [5.41, 5.74) is 0. The Morgan fingerprint density at radius 2 is 0.524 bits per heavy atom. The Hall–Kier alpha value is -2.46. The molecular weight excluding hydrogens is 1340 g/mol. The van der Waals surface area contributed by atoms with E-state index in [0.717, 1.165) is 115 Å². The summed E-state index contributed by atoms with van der Waals surface area (Å²) < 4.78 is 68.8. The zero-order valence-electron chi connectivity index (χ0n) is 66.9. The molecule has 19 heteroatoms. The van der Waals surface area contributed by atoms with Crippen LogP contribution in [0.1, 0.15) is 426 Å². The molecule has 0 amide bonds. The van der Waals surface area contributed by atoms with Crippen LogP contribution >= 0.6 is 15.6 Å². The summed E-state index contributed by atoms with van der Waals surface area (Å²) in [6.07, 6.45) is 71.6. The molecule has 0 aliphatic heterocycles. The molecule has 0 heterocycles. The second-order valence-corrected chi connectivity index (χ2v) is 32.9. The van der Waals surface area contributed by atoms with Gasteiger partial charge in [-0.1, -0.05) is 374 Å². The fraction of sp³-hybridized carbons (Fsp3) is 0.905. The lowest BCUT2D eigenvalue weighted by Gasteiger charge is -2.21. The largest absolute Gasteiger partial charge is 0.472 e. The van der Waals surface area contributed by atoms with E-state index >= 15 is 0 Å². The van der Waals surface area contributed by atoms with E-state index in [2.05, 4.69) is 58.9 Å². The van der Waals surface area contributed by atoms with Gasteiger partial charge in [0.05, 0.1) is 26.4 Å². The van der Waals surface area contributed by atoms with Gasteiger partial charge in [0.15, 0.2) is 12.2 Å². The predicted octanol–water partition coefficient (Wildman–Crippen LogP) is 25.1. The molecule has 2 unspecified atom stereocenters. The van der Waals surface area contributed by atoms with Crippen LogP contribution in [-0.4, -0.2) is 96.7 Å². The number of ether oxygens (including phenoxy) is 4. The minimum absolute atomic E-state index is 0.102. The van der Waals surface area contributed by atoms with Gasteiger partial charge in [-0.15, -0.1) is 0 Å². The first-order valence-electron chi connectivity index (χ1n) is 43.0. The molecule has 0 aliphatic rings. The first kappa shape index (κ1) is 101. The molecule has 0 bridgehead atoms. The zero-order valence-corrected chi connectivity index (χ0v) is 68.7. The van der Waals surface area contributed by atoms with Gasteiger partial charge < -0.3 is 33.8 Å². The third-order valence-electron chi connectivity index (χ3n) is 19.2. The molecule has 0 rings (SSSR count). The maximum atomic E-state index is 13.1. The van der Waals surface area contributed by atoms with Gasteiger partial charge in [0, 0.05) is 25.7 Å². The van der Waals surface area contributed by atoms with E-state index in [-0.39, 0.29) is 25.7 Å². The van der Waals surface area contributed by atoms with E-state index in [9.17, 15) is 43.2 Å². The van der Waals surface area contributed by atoms with Gasteiger partial charge in [0.1, 0.15) is 19.3 Å². The highest BCUT2D eigenvalue weighted by Gasteiger charge is 2.30. The number of unbranched alkanes of at least 4 members (excludes halogenated alkanes) is 51. The van der Waals surface area contributed by atoms with Gasteiger partial charge in [-0.3, -0.25) is 37.3 Å². The summed E-state index contributed by atoms with van der Waals surface area (Å²) in [6.45, 7) is 7.28. The lowest BCUT2D eigenvalue weighted by Crippen LogP contribution is -2.30. The molecule has 0 aromatic heterocycles. The number of rotatable bonds is 82. The third kappa shape index (κ3) is 77.5. The van der Waals surface area contributed by atoms with Crippen LogP contribution in [0, 0.1) is 5.92 Å². The van der Waals surface area contributed by atoms with Crippen molar-refractivity contribution >= 4 is 39.5 Å². The Kier molecular flexibility index (Phi) is 74.5. The van der Waals surface area contributed by atoms with Crippen molar-refractivity contribution in [3.05, 3.63) is 24.3 Å². The maximum absolute atomic E-state index is 13.1. The van der Waals surface area contributed by atoms with E-state index in [1.54, 1.807) is 0 Å². The average molecular weight is 1500 g/mol. The minimum Gasteiger partial charge on any atom is -0.462 e. The lowest BCUT2D eigenvalue weighted by atomic mass is 10.0. The number of phosphoric acid groups is 2. The molecule has 5 atom stereocenters. The van der Waals surface area contributed by atoms with Crippen molar-refractivity contribution < 1.29 is 80.2 Å². The van der Waals surface area contributed by atoms with E-state index < -0.39 is 97.5 Å². The van der Waals surface area contributed by atoms with Gasteiger partial charge in [-0.25, -0.2) is 9.13 Å². The van der Waals surface area contributed by atoms with Crippen LogP contribution in [0.4, 0.5) is 0 Å². The Labute approximate surface area is 631 Å². The van der Waals surface area contributed by atoms with Crippen LogP contribution in [0.3, 0.4) is 0 Å². The van der Waals surface area contributed by atoms with Crippen LogP contribution in [0.5, 0.6) is 0 Å². The van der Waals surface area contributed by atoms with Gasteiger partial charge in [0.25, 0.3) is 0 Å². The topological polar surface area (TPSA) is 237 Å². The van der Waals surface area contributed by atoms with E-state index in [4.69, 9.17) is 37.0 Å². The van der Waals surface area contributed by atoms with Crippen LogP contribution in [0.15, 0.2) is 24.3 Å². The highest BCUT2D eigenvalue weighted by Crippen LogP contribution is 2.45. The van der Waals surface area contributed by atoms with Crippen molar-refractivity contribution in [3.8, 4) is 0 Å². The highest BCUT2D eigenvalue weighted by molar-refractivity contribution is 7.47. The molecule has 608 valence electrons. The molecular formula is C84H160O17P2. The van der Waals surface area contributed by atoms with Gasteiger partial charge in [0.2, 0.25) is 0 Å². The SMILES string of the molecule is CCCCCC/C=C\C=C/CCCCCCCC(=O)OC[C@H](COP(=O)(O)OC[C@@H](O)COP(=O)(O)OC[C@@H](COC(=O)CCCCCCCCCCCCC(C)C)OC(=O)CCCCCCCCCCCCCCCC)OC(=O)CCCCCCCCCCCCCCCCCCCCCCC. The zero-order chi connectivity index (χ0) is 75.5. The summed E-state index contributed by atoms with van der Waals surface area (Å²) in [6, 6.07) is 0. The first-order chi connectivity index (χ1) is 50.0. The number of phosphoric ester groups is 2. The van der Waals surface area contributed by atoms with E-state index in [1.165, 1.54) is 231 Å². The summed E-state index contributed by atoms with van der Waals surface area (Å²) in [5, 5.41) is 10.7. The monoisotopic (exact) mass is 1500 g/mol. The summed E-state index contributed by atoms with van der Waals surface area (Å²) >= 11 is 0. The quantitative estimate of drug-likeness (QED) is 0.0169. The van der Waals surface area contributed by atoms with Gasteiger partial charge in [-0.2, -0.15) is 0 Å². The Bertz CT molecular complexity index is 2060. The average Bonchev–Trinajstić information content (AvgIpc) is 0.936. The molecule has 3 N–H and O–H groups in total. The minimum atomic E-state index is -4.97. The smallest absolute Gasteiger partial charge is 0.462 e. The van der Waals surface area contributed by atoms with Crippen LogP contribution in [0.25, 0.3) is 0 Å². The Morgan fingerprint density at radius 3 is 0.796 bits per heavy atom.